The molecule has 1 unspecified atom stereocenters. The van der Waals surface area contributed by atoms with E-state index < -0.39 is 0 Å². The van der Waals surface area contributed by atoms with Crippen LogP contribution in [0.25, 0.3) is 0 Å². The van der Waals surface area contributed by atoms with Crippen LogP contribution in [-0.4, -0.2) is 38.1 Å². The van der Waals surface area contributed by atoms with E-state index in [9.17, 15) is 0 Å². The van der Waals surface area contributed by atoms with Gasteiger partial charge in [0.2, 0.25) is 5.95 Å². The summed E-state index contributed by atoms with van der Waals surface area (Å²) in [7, 11) is 0. The van der Waals surface area contributed by atoms with Crippen LogP contribution in [0, 0.1) is 0 Å². The van der Waals surface area contributed by atoms with Gasteiger partial charge in [-0.2, -0.15) is 0 Å². The van der Waals surface area contributed by atoms with E-state index in [0.29, 0.717) is 6.04 Å². The van der Waals surface area contributed by atoms with Gasteiger partial charge in [0.25, 0.3) is 0 Å². The summed E-state index contributed by atoms with van der Waals surface area (Å²) < 4.78 is 1.97. The van der Waals surface area contributed by atoms with Crippen molar-refractivity contribution in [2.24, 2.45) is 0 Å². The molecule has 1 fully saturated rings. The molecule has 94 valence electrons. The second kappa shape index (κ2) is 5.12. The third-order valence-corrected chi connectivity index (χ3v) is 3.35. The SMILES string of the molecule is c1cnc(N2CCCC(n3ccnn3)CC2)nc1. The van der Waals surface area contributed by atoms with Crippen LogP contribution >= 0.6 is 0 Å². The molecule has 18 heavy (non-hydrogen) atoms. The van der Waals surface area contributed by atoms with Gasteiger partial charge in [-0.15, -0.1) is 5.10 Å². The monoisotopic (exact) mass is 244 g/mol. The molecular formula is C12H16N6. The average Bonchev–Trinajstić information content (AvgIpc) is 2.84. The van der Waals surface area contributed by atoms with Crippen LogP contribution in [-0.2, 0) is 0 Å². The summed E-state index contributed by atoms with van der Waals surface area (Å²) in [6.07, 6.45) is 10.6. The van der Waals surface area contributed by atoms with Gasteiger partial charge in [-0.1, -0.05) is 5.21 Å². The van der Waals surface area contributed by atoms with Crippen molar-refractivity contribution in [1.82, 2.24) is 25.0 Å². The van der Waals surface area contributed by atoms with Crippen LogP contribution in [0.5, 0.6) is 0 Å². The first-order chi connectivity index (χ1) is 8.93. The van der Waals surface area contributed by atoms with Gasteiger partial charge in [-0.25, -0.2) is 14.6 Å². The minimum absolute atomic E-state index is 0.446. The number of anilines is 1. The molecule has 3 rings (SSSR count). The first-order valence-electron chi connectivity index (χ1n) is 6.31. The molecule has 1 atom stereocenters. The Morgan fingerprint density at radius 3 is 2.72 bits per heavy atom. The van der Waals surface area contributed by atoms with Crippen LogP contribution in [0.4, 0.5) is 5.95 Å². The summed E-state index contributed by atoms with van der Waals surface area (Å²) in [6.45, 7) is 1.98. The summed E-state index contributed by atoms with van der Waals surface area (Å²) in [5.74, 6) is 0.830. The lowest BCUT2D eigenvalue weighted by molar-refractivity contribution is 0.406. The zero-order chi connectivity index (χ0) is 12.2. The highest BCUT2D eigenvalue weighted by Crippen LogP contribution is 2.23. The Labute approximate surface area is 106 Å². The minimum Gasteiger partial charge on any atom is -0.341 e. The molecule has 1 aliphatic heterocycles. The smallest absolute Gasteiger partial charge is 0.225 e. The Hall–Kier alpha value is -1.98. The minimum atomic E-state index is 0.446. The number of hydrogen-bond acceptors (Lipinski definition) is 5. The van der Waals surface area contributed by atoms with E-state index in [2.05, 4.69) is 25.2 Å². The highest BCUT2D eigenvalue weighted by Gasteiger charge is 2.19. The van der Waals surface area contributed by atoms with Crippen LogP contribution in [0.2, 0.25) is 0 Å². The fraction of sp³-hybridized carbons (Fsp3) is 0.500. The van der Waals surface area contributed by atoms with E-state index in [-0.39, 0.29) is 0 Å². The summed E-state index contributed by atoms with van der Waals surface area (Å²) in [5, 5.41) is 7.98. The van der Waals surface area contributed by atoms with E-state index in [4.69, 9.17) is 0 Å². The van der Waals surface area contributed by atoms with E-state index in [1.165, 1.54) is 0 Å². The van der Waals surface area contributed by atoms with Crippen molar-refractivity contribution in [3.05, 3.63) is 30.9 Å². The van der Waals surface area contributed by atoms with Gasteiger partial charge in [0, 0.05) is 31.7 Å². The third kappa shape index (κ3) is 2.32. The molecule has 0 saturated carbocycles. The van der Waals surface area contributed by atoms with Crippen LogP contribution in [0.1, 0.15) is 25.3 Å². The lowest BCUT2D eigenvalue weighted by Gasteiger charge is -2.19. The molecule has 6 nitrogen and oxygen atoms in total. The maximum Gasteiger partial charge on any atom is 0.225 e. The maximum atomic E-state index is 4.31. The zero-order valence-corrected chi connectivity index (χ0v) is 10.2. The van der Waals surface area contributed by atoms with Crippen LogP contribution in [0.15, 0.2) is 30.9 Å². The highest BCUT2D eigenvalue weighted by molar-refractivity contribution is 5.28. The fourth-order valence-corrected chi connectivity index (χ4v) is 2.41. The van der Waals surface area contributed by atoms with Crippen molar-refractivity contribution < 1.29 is 0 Å². The summed E-state index contributed by atoms with van der Waals surface area (Å²) in [5.41, 5.74) is 0. The number of nitrogens with zero attached hydrogens (tertiary/aromatic N) is 6. The maximum absolute atomic E-state index is 4.31. The third-order valence-electron chi connectivity index (χ3n) is 3.35. The van der Waals surface area contributed by atoms with Gasteiger partial charge in [0.1, 0.15) is 0 Å². The largest absolute Gasteiger partial charge is 0.341 e. The van der Waals surface area contributed by atoms with Crippen molar-refractivity contribution in [2.45, 2.75) is 25.3 Å². The second-order valence-electron chi connectivity index (χ2n) is 4.50. The predicted octanol–water partition coefficient (Wildman–Crippen LogP) is 1.30. The van der Waals surface area contributed by atoms with E-state index in [0.717, 1.165) is 38.3 Å². The lowest BCUT2D eigenvalue weighted by Crippen LogP contribution is -2.26. The normalized spacial score (nSPS) is 20.7. The Balaban J connectivity index is 1.69. The van der Waals surface area contributed by atoms with Crippen molar-refractivity contribution in [2.75, 3.05) is 18.0 Å². The van der Waals surface area contributed by atoms with Crippen molar-refractivity contribution in [1.29, 1.82) is 0 Å². The van der Waals surface area contributed by atoms with E-state index in [1.54, 1.807) is 18.6 Å². The molecule has 0 aliphatic carbocycles. The van der Waals surface area contributed by atoms with Gasteiger partial charge < -0.3 is 4.90 Å². The van der Waals surface area contributed by atoms with Gasteiger partial charge >= 0.3 is 0 Å². The molecule has 3 heterocycles. The Morgan fingerprint density at radius 2 is 1.94 bits per heavy atom. The van der Waals surface area contributed by atoms with Gasteiger partial charge in [0.15, 0.2) is 0 Å². The number of aromatic nitrogens is 5. The first-order valence-corrected chi connectivity index (χ1v) is 6.31. The molecular weight excluding hydrogens is 228 g/mol. The molecule has 0 N–H and O–H groups in total. The van der Waals surface area contributed by atoms with Crippen molar-refractivity contribution in [3.63, 3.8) is 0 Å². The Kier molecular flexibility index (Phi) is 3.16. The average molecular weight is 244 g/mol. The Morgan fingerprint density at radius 1 is 1.06 bits per heavy atom. The van der Waals surface area contributed by atoms with Crippen molar-refractivity contribution >= 4 is 5.95 Å². The van der Waals surface area contributed by atoms with Gasteiger partial charge in [-0.05, 0) is 25.3 Å². The molecule has 0 spiro atoms. The van der Waals surface area contributed by atoms with E-state index >= 15 is 0 Å². The number of rotatable bonds is 2. The topological polar surface area (TPSA) is 59.7 Å². The molecule has 0 radical (unpaired) electrons. The highest BCUT2D eigenvalue weighted by atomic mass is 15.4. The van der Waals surface area contributed by atoms with Crippen LogP contribution in [0.3, 0.4) is 0 Å². The molecule has 1 saturated heterocycles. The second-order valence-corrected chi connectivity index (χ2v) is 4.50. The molecule has 0 amide bonds. The molecule has 2 aromatic heterocycles. The fourth-order valence-electron chi connectivity index (χ4n) is 2.41. The predicted molar refractivity (Wildman–Crippen MR) is 67.2 cm³/mol. The lowest BCUT2D eigenvalue weighted by atomic mass is 10.1. The molecule has 1 aliphatic rings. The summed E-state index contributed by atoms with van der Waals surface area (Å²) in [4.78, 5) is 10.9. The van der Waals surface area contributed by atoms with Crippen molar-refractivity contribution in [3.8, 4) is 0 Å². The van der Waals surface area contributed by atoms with E-state index in [1.807, 2.05) is 16.9 Å². The van der Waals surface area contributed by atoms with Gasteiger partial charge in [-0.3, -0.25) is 0 Å². The van der Waals surface area contributed by atoms with Crippen LogP contribution < -0.4 is 4.90 Å². The molecule has 0 bridgehead atoms. The summed E-state index contributed by atoms with van der Waals surface area (Å²) in [6, 6.07) is 2.29. The summed E-state index contributed by atoms with van der Waals surface area (Å²) >= 11 is 0. The first kappa shape index (κ1) is 11.1. The number of hydrogen-bond donors (Lipinski definition) is 0. The van der Waals surface area contributed by atoms with Gasteiger partial charge in [0.05, 0.1) is 12.2 Å². The standard InChI is InChI=1S/C12H16N6/c1-3-11(18-10-7-15-16-18)4-9-17(8-1)12-13-5-2-6-14-12/h2,5-7,10-11H,1,3-4,8-9H2. The Bertz CT molecular complexity index is 469. The molecule has 0 aromatic carbocycles. The zero-order valence-electron chi connectivity index (χ0n) is 10.2. The molecule has 6 heteroatoms. The quantitative estimate of drug-likeness (QED) is 0.797. The molecule has 2 aromatic rings.